The number of hydrazone groups is 1. The Labute approximate surface area is 183 Å². The second-order valence-electron chi connectivity index (χ2n) is 6.12. The van der Waals surface area contributed by atoms with Gasteiger partial charge in [0, 0.05) is 32.8 Å². The molecule has 0 atom stereocenters. The first kappa shape index (κ1) is 20.1. The highest BCUT2D eigenvalue weighted by Crippen LogP contribution is 2.31. The number of nitro groups is 1. The molecule has 2 aromatic carbocycles. The van der Waals surface area contributed by atoms with E-state index in [0.29, 0.717) is 37.4 Å². The second-order valence-corrected chi connectivity index (χ2v) is 8.04. The Bertz CT molecular complexity index is 1310. The number of furan rings is 1. The summed E-state index contributed by atoms with van der Waals surface area (Å²) in [5.41, 5.74) is 3.07. The molecule has 0 aliphatic rings. The molecule has 1 amide bonds. The van der Waals surface area contributed by atoms with E-state index in [1.165, 1.54) is 29.7 Å². The number of thiophene rings is 1. The molecule has 10 heteroatoms. The maximum Gasteiger partial charge on any atom is 0.281 e. The molecule has 7 nitrogen and oxygen atoms in total. The van der Waals surface area contributed by atoms with Crippen molar-refractivity contribution in [3.63, 3.8) is 0 Å². The largest absolute Gasteiger partial charge is 0.455 e. The van der Waals surface area contributed by atoms with Crippen LogP contribution in [0.5, 0.6) is 0 Å². The van der Waals surface area contributed by atoms with Crippen molar-refractivity contribution in [2.75, 3.05) is 0 Å². The Morgan fingerprint density at radius 3 is 2.73 bits per heavy atom. The molecule has 0 fully saturated rings. The first-order valence-corrected chi connectivity index (χ1v) is 10.0. The predicted octanol–water partition coefficient (Wildman–Crippen LogP) is 6.14. The molecule has 0 aliphatic carbocycles. The van der Waals surface area contributed by atoms with Crippen LogP contribution in [0.15, 0.2) is 64.1 Å². The third-order valence-electron chi connectivity index (χ3n) is 4.12. The van der Waals surface area contributed by atoms with E-state index < -0.39 is 10.8 Å². The van der Waals surface area contributed by atoms with Crippen molar-refractivity contribution in [3.05, 3.63) is 85.4 Å². The van der Waals surface area contributed by atoms with Crippen LogP contribution >= 0.6 is 34.5 Å². The number of fused-ring (bicyclic) bond motifs is 1. The summed E-state index contributed by atoms with van der Waals surface area (Å²) >= 11 is 13.3. The van der Waals surface area contributed by atoms with Crippen LogP contribution in [-0.4, -0.2) is 17.0 Å². The number of benzene rings is 2. The SMILES string of the molecule is O=C(NN=Cc1ccc(-c2ccc(Cl)cc2Cl)o1)c1cc2cc([N+](=O)[O-])ccc2s1. The zero-order valence-corrected chi connectivity index (χ0v) is 17.3. The average molecular weight is 460 g/mol. The van der Waals surface area contributed by atoms with Gasteiger partial charge in [-0.3, -0.25) is 14.9 Å². The minimum Gasteiger partial charge on any atom is -0.455 e. The Morgan fingerprint density at radius 2 is 1.97 bits per heavy atom. The van der Waals surface area contributed by atoms with Gasteiger partial charge in [0.2, 0.25) is 0 Å². The van der Waals surface area contributed by atoms with Crippen LogP contribution in [0.3, 0.4) is 0 Å². The van der Waals surface area contributed by atoms with Crippen LogP contribution in [0.1, 0.15) is 15.4 Å². The summed E-state index contributed by atoms with van der Waals surface area (Å²) in [5, 5.41) is 16.4. The standard InChI is InChI=1S/C20H11Cl2N3O4S/c21-12-1-4-15(16(22)9-12)17-5-3-14(29-17)10-23-24-20(26)19-8-11-7-13(25(27)28)2-6-18(11)30-19/h1-10H,(H,24,26). The molecule has 30 heavy (non-hydrogen) atoms. The molecule has 150 valence electrons. The molecule has 0 aliphatic heterocycles. The van der Waals surface area contributed by atoms with Gasteiger partial charge < -0.3 is 4.42 Å². The minimum absolute atomic E-state index is 0.0281. The van der Waals surface area contributed by atoms with Gasteiger partial charge in [-0.25, -0.2) is 5.43 Å². The van der Waals surface area contributed by atoms with Gasteiger partial charge in [-0.1, -0.05) is 23.2 Å². The van der Waals surface area contributed by atoms with Gasteiger partial charge in [0.1, 0.15) is 11.5 Å². The minimum atomic E-state index is -0.476. The lowest BCUT2D eigenvalue weighted by atomic mass is 10.2. The fourth-order valence-corrected chi connectivity index (χ4v) is 4.16. The number of carbonyl (C=O) groups is 1. The fraction of sp³-hybridized carbons (Fsp3) is 0. The van der Waals surface area contributed by atoms with E-state index >= 15 is 0 Å². The first-order chi connectivity index (χ1) is 14.4. The third-order valence-corrected chi connectivity index (χ3v) is 5.78. The highest BCUT2D eigenvalue weighted by atomic mass is 35.5. The summed E-state index contributed by atoms with van der Waals surface area (Å²) in [5.74, 6) is 0.529. The van der Waals surface area contributed by atoms with Crippen molar-refractivity contribution >= 4 is 62.4 Å². The van der Waals surface area contributed by atoms with Crippen molar-refractivity contribution < 1.29 is 14.1 Å². The van der Waals surface area contributed by atoms with Crippen molar-refractivity contribution in [3.8, 4) is 11.3 Å². The van der Waals surface area contributed by atoms with E-state index in [2.05, 4.69) is 10.5 Å². The van der Waals surface area contributed by atoms with Crippen LogP contribution in [-0.2, 0) is 0 Å². The van der Waals surface area contributed by atoms with Crippen molar-refractivity contribution in [2.24, 2.45) is 5.10 Å². The highest BCUT2D eigenvalue weighted by Gasteiger charge is 2.13. The maximum absolute atomic E-state index is 12.3. The van der Waals surface area contributed by atoms with Gasteiger partial charge in [-0.05, 0) is 42.5 Å². The normalized spacial score (nSPS) is 11.3. The molecule has 4 rings (SSSR count). The summed E-state index contributed by atoms with van der Waals surface area (Å²) < 4.78 is 6.44. The van der Waals surface area contributed by atoms with Gasteiger partial charge in [0.25, 0.3) is 11.6 Å². The zero-order chi connectivity index (χ0) is 21.3. The van der Waals surface area contributed by atoms with Crippen molar-refractivity contribution in [2.45, 2.75) is 0 Å². The summed E-state index contributed by atoms with van der Waals surface area (Å²) in [6.45, 7) is 0. The number of nitro benzene ring substituents is 1. The smallest absolute Gasteiger partial charge is 0.281 e. The van der Waals surface area contributed by atoms with Crippen LogP contribution in [0, 0.1) is 10.1 Å². The average Bonchev–Trinajstić information content (AvgIpc) is 3.34. The number of non-ortho nitro benzene ring substituents is 1. The van der Waals surface area contributed by atoms with Gasteiger partial charge in [0.05, 0.1) is 21.0 Å². The number of amides is 1. The molecule has 4 aromatic rings. The molecular formula is C20H11Cl2N3O4S. The predicted molar refractivity (Wildman–Crippen MR) is 118 cm³/mol. The van der Waals surface area contributed by atoms with Gasteiger partial charge in [-0.15, -0.1) is 11.3 Å². The summed E-state index contributed by atoms with van der Waals surface area (Å²) in [6, 6.07) is 14.5. The van der Waals surface area contributed by atoms with E-state index in [1.807, 2.05) is 0 Å². The monoisotopic (exact) mass is 459 g/mol. The van der Waals surface area contributed by atoms with Crippen LogP contribution in [0.2, 0.25) is 10.0 Å². The van der Waals surface area contributed by atoms with Crippen molar-refractivity contribution in [1.29, 1.82) is 0 Å². The molecule has 0 radical (unpaired) electrons. The summed E-state index contributed by atoms with van der Waals surface area (Å²) in [4.78, 5) is 23.1. The van der Waals surface area contributed by atoms with E-state index in [0.717, 1.165) is 4.70 Å². The highest BCUT2D eigenvalue weighted by molar-refractivity contribution is 7.20. The number of carbonyl (C=O) groups excluding carboxylic acids is 1. The summed E-state index contributed by atoms with van der Waals surface area (Å²) in [6.07, 6.45) is 1.36. The Hall–Kier alpha value is -3.20. The van der Waals surface area contributed by atoms with Gasteiger partial charge in [-0.2, -0.15) is 5.10 Å². The molecule has 0 spiro atoms. The maximum atomic E-state index is 12.3. The van der Waals surface area contributed by atoms with Gasteiger partial charge >= 0.3 is 0 Å². The fourth-order valence-electron chi connectivity index (χ4n) is 2.72. The lowest BCUT2D eigenvalue weighted by Gasteiger charge is -2.00. The second kappa shape index (κ2) is 8.27. The number of nitrogens with one attached hydrogen (secondary N) is 1. The van der Waals surface area contributed by atoms with Crippen LogP contribution in [0.25, 0.3) is 21.4 Å². The molecule has 0 saturated carbocycles. The lowest BCUT2D eigenvalue weighted by molar-refractivity contribution is -0.384. The molecule has 2 aromatic heterocycles. The van der Waals surface area contributed by atoms with Crippen LogP contribution in [0.4, 0.5) is 5.69 Å². The summed E-state index contributed by atoms with van der Waals surface area (Å²) in [7, 11) is 0. The van der Waals surface area contributed by atoms with Crippen LogP contribution < -0.4 is 5.43 Å². The molecule has 0 saturated heterocycles. The van der Waals surface area contributed by atoms with Gasteiger partial charge in [0.15, 0.2) is 0 Å². The number of rotatable bonds is 5. The molecule has 2 heterocycles. The Balaban J connectivity index is 1.46. The van der Waals surface area contributed by atoms with E-state index in [4.69, 9.17) is 27.6 Å². The topological polar surface area (TPSA) is 97.7 Å². The number of halogens is 2. The Kier molecular flexibility index (Phi) is 5.54. The molecule has 1 N–H and O–H groups in total. The van der Waals surface area contributed by atoms with E-state index in [1.54, 1.807) is 42.5 Å². The number of hydrogen-bond acceptors (Lipinski definition) is 6. The lowest BCUT2D eigenvalue weighted by Crippen LogP contribution is -2.15. The molecule has 0 unspecified atom stereocenters. The first-order valence-electron chi connectivity index (χ1n) is 8.47. The van der Waals surface area contributed by atoms with E-state index in [-0.39, 0.29) is 5.69 Å². The zero-order valence-electron chi connectivity index (χ0n) is 15.0. The molecule has 0 bridgehead atoms. The molecular weight excluding hydrogens is 449 g/mol. The van der Waals surface area contributed by atoms with E-state index in [9.17, 15) is 14.9 Å². The van der Waals surface area contributed by atoms with Crippen molar-refractivity contribution in [1.82, 2.24) is 5.43 Å². The Morgan fingerprint density at radius 1 is 1.13 bits per heavy atom. The number of nitrogens with zero attached hydrogens (tertiary/aromatic N) is 2. The quantitative estimate of drug-likeness (QED) is 0.220. The number of hydrogen-bond donors (Lipinski definition) is 1. The third kappa shape index (κ3) is 4.20.